The van der Waals surface area contributed by atoms with E-state index in [4.69, 9.17) is 0 Å². The first-order valence-electron chi connectivity index (χ1n) is 10.4. The molecular weight excluding hydrogens is 392 g/mol. The third kappa shape index (κ3) is 4.56. The van der Waals surface area contributed by atoms with Crippen molar-refractivity contribution in [1.29, 1.82) is 0 Å². The van der Waals surface area contributed by atoms with Crippen molar-refractivity contribution in [3.8, 4) is 0 Å². The third-order valence-corrected chi connectivity index (χ3v) is 7.72. The molecule has 28 heavy (non-hydrogen) atoms. The second-order valence-corrected chi connectivity index (χ2v) is 9.64. The lowest BCUT2D eigenvalue weighted by molar-refractivity contribution is -0.113. The second kappa shape index (κ2) is 9.35. The van der Waals surface area contributed by atoms with Gasteiger partial charge in [0.1, 0.15) is 10.8 Å². The number of hydrogen-bond acceptors (Lipinski definition) is 7. The Morgan fingerprint density at radius 2 is 1.75 bits per heavy atom. The molecule has 0 bridgehead atoms. The topological polar surface area (TPSA) is 85.6 Å². The van der Waals surface area contributed by atoms with Gasteiger partial charge in [0.25, 0.3) is 0 Å². The first kappa shape index (κ1) is 19.8. The summed E-state index contributed by atoms with van der Waals surface area (Å²) in [6.07, 6.45) is 11.2. The SMILES string of the molecule is CCn1c(SCC(=O)Nc2nnc(C3CCCCC3)s2)nnc1C1CCCC1. The van der Waals surface area contributed by atoms with E-state index in [1.807, 2.05) is 0 Å². The molecule has 0 atom stereocenters. The normalized spacial score (nSPS) is 18.6. The second-order valence-electron chi connectivity index (χ2n) is 7.68. The van der Waals surface area contributed by atoms with E-state index in [-0.39, 0.29) is 5.91 Å². The van der Waals surface area contributed by atoms with Crippen LogP contribution in [0.1, 0.15) is 87.4 Å². The Bertz CT molecular complexity index is 792. The highest BCUT2D eigenvalue weighted by Crippen LogP contribution is 2.36. The van der Waals surface area contributed by atoms with Crippen molar-refractivity contribution in [3.63, 3.8) is 0 Å². The van der Waals surface area contributed by atoms with E-state index in [0.717, 1.165) is 22.5 Å². The minimum atomic E-state index is -0.0654. The average molecular weight is 421 g/mol. The van der Waals surface area contributed by atoms with Crippen LogP contribution in [0.5, 0.6) is 0 Å². The quantitative estimate of drug-likeness (QED) is 0.660. The molecule has 0 aromatic carbocycles. The number of aromatic nitrogens is 5. The molecule has 0 radical (unpaired) electrons. The molecule has 1 amide bonds. The van der Waals surface area contributed by atoms with Crippen LogP contribution >= 0.6 is 23.1 Å². The lowest BCUT2D eigenvalue weighted by Crippen LogP contribution is -2.14. The number of thioether (sulfide) groups is 1. The van der Waals surface area contributed by atoms with Crippen molar-refractivity contribution in [2.45, 2.75) is 88.2 Å². The van der Waals surface area contributed by atoms with Crippen LogP contribution < -0.4 is 5.32 Å². The van der Waals surface area contributed by atoms with Gasteiger partial charge in [0.15, 0.2) is 5.16 Å². The van der Waals surface area contributed by atoms with E-state index >= 15 is 0 Å². The summed E-state index contributed by atoms with van der Waals surface area (Å²) in [4.78, 5) is 12.4. The van der Waals surface area contributed by atoms with Gasteiger partial charge < -0.3 is 4.57 Å². The van der Waals surface area contributed by atoms with Crippen LogP contribution in [0.15, 0.2) is 5.16 Å². The van der Waals surface area contributed by atoms with Gasteiger partial charge in [0.2, 0.25) is 11.0 Å². The molecule has 9 heteroatoms. The first-order valence-corrected chi connectivity index (χ1v) is 12.2. The van der Waals surface area contributed by atoms with Crippen LogP contribution in [0.3, 0.4) is 0 Å². The van der Waals surface area contributed by atoms with Gasteiger partial charge in [0, 0.05) is 18.4 Å². The fraction of sp³-hybridized carbons (Fsp3) is 0.737. The van der Waals surface area contributed by atoms with Crippen molar-refractivity contribution in [3.05, 3.63) is 10.8 Å². The first-order chi connectivity index (χ1) is 13.7. The van der Waals surface area contributed by atoms with E-state index < -0.39 is 0 Å². The van der Waals surface area contributed by atoms with Crippen molar-refractivity contribution in [1.82, 2.24) is 25.0 Å². The third-order valence-electron chi connectivity index (χ3n) is 5.76. The summed E-state index contributed by atoms with van der Waals surface area (Å²) in [7, 11) is 0. The van der Waals surface area contributed by atoms with E-state index in [2.05, 4.69) is 37.2 Å². The summed E-state index contributed by atoms with van der Waals surface area (Å²) >= 11 is 2.97. The summed E-state index contributed by atoms with van der Waals surface area (Å²) in [5.74, 6) is 2.37. The average Bonchev–Trinajstić information content (AvgIpc) is 3.47. The zero-order chi connectivity index (χ0) is 19.3. The smallest absolute Gasteiger partial charge is 0.236 e. The maximum absolute atomic E-state index is 12.4. The number of carbonyl (C=O) groups is 1. The minimum Gasteiger partial charge on any atom is -0.306 e. The summed E-state index contributed by atoms with van der Waals surface area (Å²) in [6, 6.07) is 0. The van der Waals surface area contributed by atoms with E-state index in [1.165, 1.54) is 80.9 Å². The molecule has 2 aliphatic carbocycles. The van der Waals surface area contributed by atoms with Gasteiger partial charge in [-0.3, -0.25) is 10.1 Å². The Morgan fingerprint density at radius 1 is 1.04 bits per heavy atom. The Labute approximate surface area is 174 Å². The van der Waals surface area contributed by atoms with Gasteiger partial charge in [-0.1, -0.05) is 55.2 Å². The van der Waals surface area contributed by atoms with Gasteiger partial charge >= 0.3 is 0 Å². The Balaban J connectivity index is 1.31. The summed E-state index contributed by atoms with van der Waals surface area (Å²) in [5, 5.41) is 22.7. The number of amides is 1. The predicted octanol–water partition coefficient (Wildman–Crippen LogP) is 4.59. The van der Waals surface area contributed by atoms with Crippen LogP contribution in [0.2, 0.25) is 0 Å². The molecule has 2 heterocycles. The van der Waals surface area contributed by atoms with Crippen LogP contribution in [0.25, 0.3) is 0 Å². The molecule has 2 fully saturated rings. The van der Waals surface area contributed by atoms with Crippen LogP contribution in [0.4, 0.5) is 5.13 Å². The zero-order valence-electron chi connectivity index (χ0n) is 16.4. The van der Waals surface area contributed by atoms with Gasteiger partial charge in [-0.15, -0.1) is 20.4 Å². The van der Waals surface area contributed by atoms with Gasteiger partial charge in [-0.05, 0) is 32.6 Å². The maximum Gasteiger partial charge on any atom is 0.236 e. The van der Waals surface area contributed by atoms with Gasteiger partial charge in [-0.25, -0.2) is 0 Å². The van der Waals surface area contributed by atoms with Gasteiger partial charge in [-0.2, -0.15) is 0 Å². The molecule has 0 saturated heterocycles. The molecular formula is C19H28N6OS2. The number of hydrogen-bond donors (Lipinski definition) is 1. The van der Waals surface area contributed by atoms with Crippen molar-refractivity contribution < 1.29 is 4.79 Å². The molecule has 0 aliphatic heterocycles. The molecule has 4 rings (SSSR count). The standard InChI is InChI=1S/C19H28N6OS2/c1-2-25-16(13-8-6-7-9-13)21-24-19(25)27-12-15(26)20-18-23-22-17(28-18)14-10-4-3-5-11-14/h13-14H,2-12H2,1H3,(H,20,23,26). The number of rotatable bonds is 7. The number of carbonyl (C=O) groups excluding carboxylic acids is 1. The van der Waals surface area contributed by atoms with Crippen molar-refractivity contribution in [2.75, 3.05) is 11.1 Å². The Hall–Kier alpha value is -1.48. The van der Waals surface area contributed by atoms with Gasteiger partial charge in [0.05, 0.1) is 5.75 Å². The summed E-state index contributed by atoms with van der Waals surface area (Å²) < 4.78 is 2.17. The highest BCUT2D eigenvalue weighted by atomic mass is 32.2. The molecule has 2 aliphatic rings. The molecule has 2 aromatic heterocycles. The highest BCUT2D eigenvalue weighted by Gasteiger charge is 2.24. The summed E-state index contributed by atoms with van der Waals surface area (Å²) in [6.45, 7) is 2.95. The fourth-order valence-corrected chi connectivity index (χ4v) is 6.01. The Morgan fingerprint density at radius 3 is 2.50 bits per heavy atom. The van der Waals surface area contributed by atoms with E-state index in [9.17, 15) is 4.79 Å². The molecule has 0 unspecified atom stereocenters. The Kier molecular flexibility index (Phi) is 6.61. The summed E-state index contributed by atoms with van der Waals surface area (Å²) in [5.41, 5.74) is 0. The van der Waals surface area contributed by atoms with Crippen LogP contribution in [-0.4, -0.2) is 36.6 Å². The molecule has 0 spiro atoms. The maximum atomic E-state index is 12.4. The van der Waals surface area contributed by atoms with E-state index in [1.54, 1.807) is 0 Å². The lowest BCUT2D eigenvalue weighted by Gasteiger charge is -2.18. The lowest BCUT2D eigenvalue weighted by atomic mass is 9.90. The number of nitrogens with zero attached hydrogens (tertiary/aromatic N) is 5. The van der Waals surface area contributed by atoms with Crippen molar-refractivity contribution in [2.24, 2.45) is 0 Å². The molecule has 1 N–H and O–H groups in total. The van der Waals surface area contributed by atoms with Crippen LogP contribution in [-0.2, 0) is 11.3 Å². The van der Waals surface area contributed by atoms with E-state index in [0.29, 0.717) is 22.7 Å². The monoisotopic (exact) mass is 420 g/mol. The predicted molar refractivity (Wildman–Crippen MR) is 112 cm³/mol. The largest absolute Gasteiger partial charge is 0.306 e. The zero-order valence-corrected chi connectivity index (χ0v) is 18.0. The number of anilines is 1. The number of nitrogens with one attached hydrogen (secondary N) is 1. The fourth-order valence-electron chi connectivity index (χ4n) is 4.28. The van der Waals surface area contributed by atoms with Crippen molar-refractivity contribution >= 4 is 34.1 Å². The molecule has 2 saturated carbocycles. The van der Waals surface area contributed by atoms with Crippen LogP contribution in [0, 0.1) is 0 Å². The molecule has 7 nitrogen and oxygen atoms in total. The molecule has 152 valence electrons. The minimum absolute atomic E-state index is 0.0654. The highest BCUT2D eigenvalue weighted by molar-refractivity contribution is 7.99. The molecule has 2 aromatic rings.